The van der Waals surface area contributed by atoms with Gasteiger partial charge in [0.05, 0.1) is 16.6 Å². The lowest BCUT2D eigenvalue weighted by Crippen LogP contribution is -2.30. The summed E-state index contributed by atoms with van der Waals surface area (Å²) in [5, 5.41) is 2.55. The quantitative estimate of drug-likeness (QED) is 0.693. The molecule has 2 aliphatic rings. The third-order valence-electron chi connectivity index (χ3n) is 4.11. The van der Waals surface area contributed by atoms with E-state index in [0.717, 1.165) is 27.4 Å². The molecule has 0 aliphatic carbocycles. The molecule has 4 heteroatoms. The van der Waals surface area contributed by atoms with Gasteiger partial charge in [0.25, 0.3) is 5.91 Å². The molecule has 0 saturated carbocycles. The fourth-order valence-electron chi connectivity index (χ4n) is 2.99. The molecule has 1 aromatic heterocycles. The molecule has 5 rings (SSSR count). The van der Waals surface area contributed by atoms with E-state index in [2.05, 4.69) is 9.98 Å². The Morgan fingerprint density at radius 3 is 2.87 bits per heavy atom. The van der Waals surface area contributed by atoms with Gasteiger partial charge in [-0.25, -0.2) is 4.99 Å². The molecule has 23 heavy (non-hydrogen) atoms. The lowest BCUT2D eigenvalue weighted by molar-refractivity contribution is -0.112. The van der Waals surface area contributed by atoms with Crippen molar-refractivity contribution in [1.29, 1.82) is 0 Å². The van der Waals surface area contributed by atoms with Crippen molar-refractivity contribution in [2.75, 3.05) is 0 Å². The lowest BCUT2D eigenvalue weighted by Gasteiger charge is -2.07. The van der Waals surface area contributed by atoms with Gasteiger partial charge in [0.2, 0.25) is 0 Å². The van der Waals surface area contributed by atoms with Crippen molar-refractivity contribution >= 4 is 46.5 Å². The summed E-state index contributed by atoms with van der Waals surface area (Å²) in [6.45, 7) is 0. The maximum absolute atomic E-state index is 12.5. The molecule has 0 saturated heterocycles. The van der Waals surface area contributed by atoms with Crippen molar-refractivity contribution in [3.8, 4) is 0 Å². The number of hydrogen-bond acceptors (Lipinski definition) is 3. The van der Waals surface area contributed by atoms with Crippen LogP contribution in [0.2, 0.25) is 0 Å². The summed E-state index contributed by atoms with van der Waals surface area (Å²) in [4.78, 5) is 21.0. The molecule has 2 aliphatic heterocycles. The second-order valence-corrected chi connectivity index (χ2v) is 5.50. The van der Waals surface area contributed by atoms with Gasteiger partial charge < -0.3 is 4.42 Å². The van der Waals surface area contributed by atoms with E-state index in [1.165, 1.54) is 0 Å². The van der Waals surface area contributed by atoms with Crippen LogP contribution in [0.4, 0.5) is 5.69 Å². The number of para-hydroxylation sites is 1. The van der Waals surface area contributed by atoms with Crippen molar-refractivity contribution in [3.05, 3.63) is 64.4 Å². The van der Waals surface area contributed by atoms with E-state index in [1.54, 1.807) is 6.21 Å². The molecule has 0 spiro atoms. The van der Waals surface area contributed by atoms with E-state index in [4.69, 9.17) is 4.42 Å². The van der Waals surface area contributed by atoms with Gasteiger partial charge in [0.1, 0.15) is 11.3 Å². The molecule has 0 N–H and O–H groups in total. The number of hydrogen-bond donors (Lipinski definition) is 0. The molecule has 4 nitrogen and oxygen atoms in total. The van der Waals surface area contributed by atoms with Crippen LogP contribution in [0.5, 0.6) is 0 Å². The molecule has 2 aromatic carbocycles. The number of carbonyl (C=O) groups excluding carboxylic acids is 1. The van der Waals surface area contributed by atoms with Crippen LogP contribution in [0.15, 0.2) is 56.9 Å². The number of furan rings is 1. The van der Waals surface area contributed by atoms with Gasteiger partial charge in [-0.05, 0) is 30.4 Å². The summed E-state index contributed by atoms with van der Waals surface area (Å²) in [6, 6.07) is 13.4. The van der Waals surface area contributed by atoms with E-state index in [-0.39, 0.29) is 5.91 Å². The Balaban J connectivity index is 1.73. The standard InChI is InChI=1S/C19H10N2O2/c22-19-14(17-10-11-3-1-2-4-16(11)23-17)9-12-5-6-15-13(7-8-20-15)18(12)21-19/h1-10H. The van der Waals surface area contributed by atoms with Crippen LogP contribution >= 0.6 is 0 Å². The Labute approximate surface area is 130 Å². The zero-order valence-corrected chi connectivity index (χ0v) is 12.0. The van der Waals surface area contributed by atoms with Gasteiger partial charge in [0, 0.05) is 22.4 Å². The summed E-state index contributed by atoms with van der Waals surface area (Å²) in [6.07, 6.45) is 5.45. The van der Waals surface area contributed by atoms with Crippen molar-refractivity contribution in [2.24, 2.45) is 9.98 Å². The Morgan fingerprint density at radius 2 is 1.96 bits per heavy atom. The SMILES string of the molecule is O=C1N=c2c(ccc3c2=CC=N3)C=C1c1cc2ccccc2o1. The average molecular weight is 298 g/mol. The first kappa shape index (κ1) is 12.3. The van der Waals surface area contributed by atoms with E-state index in [0.29, 0.717) is 16.7 Å². The maximum Gasteiger partial charge on any atom is 0.281 e. The fourth-order valence-corrected chi connectivity index (χ4v) is 2.99. The van der Waals surface area contributed by atoms with Crippen LogP contribution in [0.1, 0.15) is 11.3 Å². The number of aliphatic imine (C=N–C) groups is 1. The Bertz CT molecular complexity index is 1150. The zero-order chi connectivity index (χ0) is 15.4. The number of rotatable bonds is 1. The summed E-state index contributed by atoms with van der Waals surface area (Å²) in [5.74, 6) is 0.261. The van der Waals surface area contributed by atoms with Crippen molar-refractivity contribution < 1.29 is 9.21 Å². The van der Waals surface area contributed by atoms with E-state index >= 15 is 0 Å². The summed E-state index contributed by atoms with van der Waals surface area (Å²) in [7, 11) is 0. The van der Waals surface area contributed by atoms with Gasteiger partial charge >= 0.3 is 0 Å². The molecule has 0 unspecified atom stereocenters. The summed E-state index contributed by atoms with van der Waals surface area (Å²) < 4.78 is 5.80. The van der Waals surface area contributed by atoms with Crippen molar-refractivity contribution in [2.45, 2.75) is 0 Å². The van der Waals surface area contributed by atoms with E-state index in [1.807, 2.05) is 54.6 Å². The largest absolute Gasteiger partial charge is 0.456 e. The van der Waals surface area contributed by atoms with Crippen LogP contribution < -0.4 is 10.6 Å². The van der Waals surface area contributed by atoms with Crippen LogP contribution in [0.3, 0.4) is 0 Å². The molecule has 108 valence electrons. The smallest absolute Gasteiger partial charge is 0.281 e. The minimum absolute atomic E-state index is 0.287. The van der Waals surface area contributed by atoms with Crippen molar-refractivity contribution in [1.82, 2.24) is 0 Å². The predicted molar refractivity (Wildman–Crippen MR) is 88.9 cm³/mol. The second kappa shape index (κ2) is 4.36. The van der Waals surface area contributed by atoms with Gasteiger partial charge in [-0.15, -0.1) is 0 Å². The summed E-state index contributed by atoms with van der Waals surface area (Å²) >= 11 is 0. The highest BCUT2D eigenvalue weighted by Gasteiger charge is 2.21. The number of carbonyl (C=O) groups is 1. The van der Waals surface area contributed by atoms with Crippen LogP contribution in [0.25, 0.3) is 28.7 Å². The first-order valence-electron chi connectivity index (χ1n) is 7.31. The average Bonchev–Trinajstić information content (AvgIpc) is 3.20. The lowest BCUT2D eigenvalue weighted by atomic mass is 10.0. The molecule has 3 aromatic rings. The normalized spacial score (nSPS) is 15.0. The maximum atomic E-state index is 12.5. The first-order chi connectivity index (χ1) is 11.3. The minimum atomic E-state index is -0.287. The zero-order valence-electron chi connectivity index (χ0n) is 12.0. The Morgan fingerprint density at radius 1 is 1.04 bits per heavy atom. The monoisotopic (exact) mass is 298 g/mol. The number of fused-ring (bicyclic) bond motifs is 4. The fraction of sp³-hybridized carbons (Fsp3) is 0. The molecular formula is C19H10N2O2. The predicted octanol–water partition coefficient (Wildman–Crippen LogP) is 2.63. The molecule has 3 heterocycles. The highest BCUT2D eigenvalue weighted by atomic mass is 16.3. The summed E-state index contributed by atoms with van der Waals surface area (Å²) in [5.41, 5.74) is 2.99. The van der Waals surface area contributed by atoms with Crippen LogP contribution in [-0.4, -0.2) is 12.1 Å². The Kier molecular flexibility index (Phi) is 2.33. The van der Waals surface area contributed by atoms with Gasteiger partial charge in [-0.1, -0.05) is 24.3 Å². The second-order valence-electron chi connectivity index (χ2n) is 5.50. The molecule has 0 radical (unpaired) electrons. The molecule has 0 fully saturated rings. The number of nitrogens with zero attached hydrogens (tertiary/aromatic N) is 2. The van der Waals surface area contributed by atoms with E-state index in [9.17, 15) is 4.79 Å². The Hall–Kier alpha value is -3.27. The van der Waals surface area contributed by atoms with Crippen LogP contribution in [-0.2, 0) is 4.79 Å². The van der Waals surface area contributed by atoms with Gasteiger partial charge in [-0.3, -0.25) is 9.79 Å². The molecule has 0 bridgehead atoms. The molecule has 1 amide bonds. The van der Waals surface area contributed by atoms with Crippen LogP contribution in [0, 0.1) is 0 Å². The van der Waals surface area contributed by atoms with Crippen molar-refractivity contribution in [3.63, 3.8) is 0 Å². The van der Waals surface area contributed by atoms with E-state index < -0.39 is 0 Å². The number of amides is 1. The first-order valence-corrected chi connectivity index (χ1v) is 7.31. The molecular weight excluding hydrogens is 288 g/mol. The molecule has 0 atom stereocenters. The van der Waals surface area contributed by atoms with Gasteiger partial charge in [0.15, 0.2) is 0 Å². The third kappa shape index (κ3) is 1.75. The third-order valence-corrected chi connectivity index (χ3v) is 4.11. The highest BCUT2D eigenvalue weighted by molar-refractivity contribution is 6.25. The van der Waals surface area contributed by atoms with Gasteiger partial charge in [-0.2, -0.15) is 0 Å². The topological polar surface area (TPSA) is 54.9 Å². The highest BCUT2D eigenvalue weighted by Crippen LogP contribution is 2.27. The minimum Gasteiger partial charge on any atom is -0.456 e. The number of benzene rings is 2.